The Morgan fingerprint density at radius 3 is 1.85 bits per heavy atom. The molecule has 2 aliphatic rings. The zero-order chi connectivity index (χ0) is 41.7. The second-order valence-electron chi connectivity index (χ2n) is 20.2. The van der Waals surface area contributed by atoms with Crippen LogP contribution in [0.25, 0.3) is 64.4 Å². The molecule has 2 nitrogen and oxygen atoms in total. The van der Waals surface area contributed by atoms with Gasteiger partial charge in [-0.15, -0.1) is 11.3 Å². The predicted molar refractivity (Wildman–Crippen MR) is 258 cm³/mol. The van der Waals surface area contributed by atoms with Crippen LogP contribution in [-0.2, 0) is 16.2 Å². The minimum atomic E-state index is -0.188. The Morgan fingerprint density at radius 2 is 1.05 bits per heavy atom. The fourth-order valence-electron chi connectivity index (χ4n) is 11.4. The fraction of sp³-hybridized carbons (Fsp3) is 0.263. The van der Waals surface area contributed by atoms with Crippen molar-refractivity contribution in [3.8, 4) is 22.3 Å². The molecule has 0 radical (unpaired) electrons. The standard InChI is InChI=1S/C57H53NOS/c1-53(2)44-22-13-11-19-38(44)42-21-16-23-47(52(42)53)58(36-18-15-17-34(29-36)35-25-27-40-39-20-12-14-24-48(39)59-49(40)30-35)37-26-28-41-43-32-45-46(33-51(43)60-50(41)31-37)55(5,6)57(9,10)56(7,8)54(45,3)4/h11-33H,1-10H3. The second-order valence-corrected chi connectivity index (χ2v) is 21.3. The van der Waals surface area contributed by atoms with Crippen LogP contribution < -0.4 is 4.90 Å². The van der Waals surface area contributed by atoms with Gasteiger partial charge in [0.25, 0.3) is 0 Å². The Bertz CT molecular complexity index is 3260. The number of furan rings is 1. The largest absolute Gasteiger partial charge is 0.456 e. The first-order chi connectivity index (χ1) is 28.5. The molecule has 0 amide bonds. The van der Waals surface area contributed by atoms with E-state index < -0.39 is 0 Å². The molecule has 0 atom stereocenters. The van der Waals surface area contributed by atoms with Gasteiger partial charge in [0, 0.05) is 47.7 Å². The van der Waals surface area contributed by atoms with E-state index in [4.69, 9.17) is 4.42 Å². The van der Waals surface area contributed by atoms with Gasteiger partial charge in [-0.2, -0.15) is 0 Å². The Hall–Kier alpha value is -5.64. The number of nitrogens with zero attached hydrogens (tertiary/aromatic N) is 1. The van der Waals surface area contributed by atoms with E-state index >= 15 is 0 Å². The second kappa shape index (κ2) is 12.2. The molecule has 2 heterocycles. The van der Waals surface area contributed by atoms with Gasteiger partial charge in [0.1, 0.15) is 11.2 Å². The van der Waals surface area contributed by atoms with Crippen molar-refractivity contribution in [2.24, 2.45) is 10.8 Å². The molecule has 2 aliphatic carbocycles. The number of rotatable bonds is 4. The van der Waals surface area contributed by atoms with Crippen LogP contribution in [0.3, 0.4) is 0 Å². The topological polar surface area (TPSA) is 16.4 Å². The summed E-state index contributed by atoms with van der Waals surface area (Å²) in [5.74, 6) is 0. The summed E-state index contributed by atoms with van der Waals surface area (Å²) in [5, 5.41) is 4.99. The number of fused-ring (bicyclic) bond motifs is 10. The molecular formula is C57H53NOS. The Kier molecular flexibility index (Phi) is 7.62. The summed E-state index contributed by atoms with van der Waals surface area (Å²) in [6.07, 6.45) is 0. The maximum atomic E-state index is 6.37. The number of hydrogen-bond acceptors (Lipinski definition) is 3. The van der Waals surface area contributed by atoms with E-state index in [2.05, 4.69) is 208 Å². The van der Waals surface area contributed by atoms with Gasteiger partial charge in [0.05, 0.1) is 5.69 Å². The normalized spacial score (nSPS) is 17.8. The molecule has 0 aliphatic heterocycles. The summed E-state index contributed by atoms with van der Waals surface area (Å²) >= 11 is 1.94. The van der Waals surface area contributed by atoms with Gasteiger partial charge in [0.15, 0.2) is 0 Å². The summed E-state index contributed by atoms with van der Waals surface area (Å²) in [5.41, 5.74) is 16.0. The molecular weight excluding hydrogens is 747 g/mol. The van der Waals surface area contributed by atoms with Crippen molar-refractivity contribution in [2.45, 2.75) is 85.5 Å². The number of benzene rings is 7. The Balaban J connectivity index is 1.12. The molecule has 298 valence electrons. The van der Waals surface area contributed by atoms with Crippen molar-refractivity contribution < 1.29 is 4.42 Å². The molecule has 2 aromatic heterocycles. The van der Waals surface area contributed by atoms with E-state index in [0.717, 1.165) is 44.4 Å². The minimum Gasteiger partial charge on any atom is -0.456 e. The summed E-state index contributed by atoms with van der Waals surface area (Å²) in [6, 6.07) is 52.2. The number of para-hydroxylation sites is 1. The first-order valence-corrected chi connectivity index (χ1v) is 22.4. The lowest BCUT2D eigenvalue weighted by Gasteiger charge is -2.64. The van der Waals surface area contributed by atoms with Crippen molar-refractivity contribution in [1.82, 2.24) is 0 Å². The number of hydrogen-bond donors (Lipinski definition) is 0. The third kappa shape index (κ3) is 4.82. The van der Waals surface area contributed by atoms with Crippen LogP contribution >= 0.6 is 11.3 Å². The van der Waals surface area contributed by atoms with E-state index in [1.165, 1.54) is 59.2 Å². The zero-order valence-electron chi connectivity index (χ0n) is 36.5. The number of anilines is 3. The van der Waals surface area contributed by atoms with Gasteiger partial charge >= 0.3 is 0 Å². The van der Waals surface area contributed by atoms with Crippen molar-refractivity contribution in [2.75, 3.05) is 4.90 Å². The van der Waals surface area contributed by atoms with Gasteiger partial charge in [-0.1, -0.05) is 148 Å². The van der Waals surface area contributed by atoms with E-state index in [1.807, 2.05) is 17.4 Å². The lowest BCUT2D eigenvalue weighted by Crippen LogP contribution is -2.59. The highest BCUT2D eigenvalue weighted by atomic mass is 32.1. The van der Waals surface area contributed by atoms with Crippen LogP contribution in [0.5, 0.6) is 0 Å². The summed E-state index contributed by atoms with van der Waals surface area (Å²) in [6.45, 7) is 24.6. The molecule has 11 rings (SSSR count). The highest BCUT2D eigenvalue weighted by molar-refractivity contribution is 7.25. The van der Waals surface area contributed by atoms with Crippen molar-refractivity contribution in [3.63, 3.8) is 0 Å². The average Bonchev–Trinajstić information content (AvgIpc) is 3.87. The highest BCUT2D eigenvalue weighted by Gasteiger charge is 2.60. The Labute approximate surface area is 358 Å². The summed E-state index contributed by atoms with van der Waals surface area (Å²) in [4.78, 5) is 2.52. The smallest absolute Gasteiger partial charge is 0.136 e. The van der Waals surface area contributed by atoms with Gasteiger partial charge in [-0.3, -0.25) is 0 Å². The summed E-state index contributed by atoms with van der Waals surface area (Å²) in [7, 11) is 0. The van der Waals surface area contributed by atoms with Crippen LogP contribution in [0, 0.1) is 10.8 Å². The monoisotopic (exact) mass is 799 g/mol. The molecule has 0 spiro atoms. The van der Waals surface area contributed by atoms with Crippen molar-refractivity contribution >= 4 is 70.5 Å². The fourth-order valence-corrected chi connectivity index (χ4v) is 12.5. The van der Waals surface area contributed by atoms with Gasteiger partial charge in [-0.05, 0) is 127 Å². The molecule has 0 unspecified atom stereocenters. The van der Waals surface area contributed by atoms with E-state index in [1.54, 1.807) is 0 Å². The van der Waals surface area contributed by atoms with Crippen LogP contribution in [0.1, 0.15) is 91.5 Å². The highest BCUT2D eigenvalue weighted by Crippen LogP contribution is 2.66. The predicted octanol–water partition coefficient (Wildman–Crippen LogP) is 17.0. The minimum absolute atomic E-state index is 0.00142. The van der Waals surface area contributed by atoms with Crippen molar-refractivity contribution in [3.05, 3.63) is 162 Å². The molecule has 0 fully saturated rings. The molecule has 0 bridgehead atoms. The number of thiophene rings is 1. The van der Waals surface area contributed by atoms with Gasteiger partial charge < -0.3 is 9.32 Å². The molecule has 0 N–H and O–H groups in total. The zero-order valence-corrected chi connectivity index (χ0v) is 37.4. The third-order valence-corrected chi connectivity index (χ3v) is 17.6. The molecule has 3 heteroatoms. The molecule has 60 heavy (non-hydrogen) atoms. The van der Waals surface area contributed by atoms with Crippen LogP contribution in [0.2, 0.25) is 0 Å². The van der Waals surface area contributed by atoms with E-state index in [0.29, 0.717) is 0 Å². The molecule has 7 aromatic carbocycles. The van der Waals surface area contributed by atoms with Gasteiger partial charge in [-0.25, -0.2) is 0 Å². The van der Waals surface area contributed by atoms with E-state index in [-0.39, 0.29) is 27.1 Å². The molecule has 0 saturated heterocycles. The van der Waals surface area contributed by atoms with Crippen molar-refractivity contribution in [1.29, 1.82) is 0 Å². The third-order valence-electron chi connectivity index (χ3n) is 16.5. The van der Waals surface area contributed by atoms with Crippen LogP contribution in [-0.4, -0.2) is 0 Å². The average molecular weight is 800 g/mol. The maximum Gasteiger partial charge on any atom is 0.136 e. The summed E-state index contributed by atoms with van der Waals surface area (Å²) < 4.78 is 9.05. The first-order valence-electron chi connectivity index (χ1n) is 21.6. The Morgan fingerprint density at radius 1 is 0.433 bits per heavy atom. The lowest BCUT2D eigenvalue weighted by atomic mass is 9.40. The van der Waals surface area contributed by atoms with E-state index in [9.17, 15) is 0 Å². The first kappa shape index (κ1) is 37.4. The quantitative estimate of drug-likeness (QED) is 0.176. The molecule has 9 aromatic rings. The molecule has 0 saturated carbocycles. The SMILES string of the molecule is CC1(C)c2ccccc2-c2cccc(N(c3cccc(-c4ccc5c(c4)oc4ccccc45)c3)c3ccc4c(c3)sc3cc5c(cc34)C(C)(C)C(C)(C)C(C)(C)C5(C)C)c21. The van der Waals surface area contributed by atoms with Gasteiger partial charge in [0.2, 0.25) is 0 Å². The lowest BCUT2D eigenvalue weighted by molar-refractivity contribution is -0.0439. The maximum absolute atomic E-state index is 6.37. The van der Waals surface area contributed by atoms with Crippen LogP contribution in [0.15, 0.2) is 144 Å². The van der Waals surface area contributed by atoms with Crippen LogP contribution in [0.4, 0.5) is 17.1 Å².